The molecule has 1 aromatic heterocycles. The van der Waals surface area contributed by atoms with E-state index in [-0.39, 0.29) is 5.41 Å². The Labute approximate surface area is 301 Å². The Bertz CT molecular complexity index is 1890. The average Bonchev–Trinajstić information content (AvgIpc) is 3.49. The van der Waals surface area contributed by atoms with Crippen molar-refractivity contribution in [3.8, 4) is 28.0 Å². The van der Waals surface area contributed by atoms with Crippen molar-refractivity contribution >= 4 is 15.8 Å². The molecule has 0 amide bonds. The molecule has 0 fully saturated rings. The third-order valence-corrected chi connectivity index (χ3v) is 10.6. The SMILES string of the molecule is CN(C)c1cc(-c2ccccc2)c(O)c(-c2ccccc2)c1.Cc1ccc(C)[n-]1.Cc1cccc(C)c1[N]=[Mo]=[CH]C(C)(C)c1ccccc1. The average molecular weight is 731 g/mol. The summed E-state index contributed by atoms with van der Waals surface area (Å²) in [5.74, 6) is 0.322. The molecule has 0 aliphatic rings. The van der Waals surface area contributed by atoms with E-state index in [9.17, 15) is 5.11 Å². The second kappa shape index (κ2) is 17.7. The van der Waals surface area contributed by atoms with Gasteiger partial charge in [-0.2, -0.15) is 11.4 Å². The van der Waals surface area contributed by atoms with Gasteiger partial charge in [0.1, 0.15) is 5.75 Å². The van der Waals surface area contributed by atoms with Gasteiger partial charge in [-0.25, -0.2) is 0 Å². The summed E-state index contributed by atoms with van der Waals surface area (Å²) < 4.78 is 7.31. The second-order valence-corrected chi connectivity index (χ2v) is 14.4. The molecular weight excluding hydrogens is 682 g/mol. The summed E-state index contributed by atoms with van der Waals surface area (Å²) in [7, 11) is 4.02. The van der Waals surface area contributed by atoms with Crippen molar-refractivity contribution in [2.45, 2.75) is 47.0 Å². The molecule has 1 N–H and O–H groups in total. The van der Waals surface area contributed by atoms with E-state index in [4.69, 9.17) is 3.50 Å². The van der Waals surface area contributed by atoms with Crippen molar-refractivity contribution in [1.82, 2.24) is 4.98 Å². The van der Waals surface area contributed by atoms with Crippen LogP contribution in [-0.2, 0) is 23.3 Å². The monoisotopic (exact) mass is 732 g/mol. The summed E-state index contributed by atoms with van der Waals surface area (Å²) in [5, 5.41) is 10.8. The number of hydrogen-bond acceptors (Lipinski definition) is 3. The molecule has 0 bridgehead atoms. The molecule has 6 aromatic rings. The van der Waals surface area contributed by atoms with Gasteiger partial charge in [0.15, 0.2) is 0 Å². The number of rotatable bonds is 6. The van der Waals surface area contributed by atoms with Crippen molar-refractivity contribution in [2.24, 2.45) is 3.50 Å². The molecule has 0 aliphatic carbocycles. The first kappa shape index (κ1) is 37.2. The summed E-state index contributed by atoms with van der Waals surface area (Å²) in [6, 6.07) is 45.1. The van der Waals surface area contributed by atoms with Gasteiger partial charge < -0.3 is 15.0 Å². The fourth-order valence-corrected chi connectivity index (χ4v) is 7.32. The molecule has 1 heterocycles. The molecule has 0 aliphatic heterocycles. The summed E-state index contributed by atoms with van der Waals surface area (Å²) in [6.07, 6.45) is 0. The molecule has 0 saturated heterocycles. The first-order chi connectivity index (χ1) is 23.5. The Morgan fingerprint density at radius 3 is 1.49 bits per heavy atom. The molecule has 5 heteroatoms. The van der Waals surface area contributed by atoms with Crippen molar-refractivity contribution in [3.05, 3.63) is 162 Å². The van der Waals surface area contributed by atoms with Gasteiger partial charge in [-0.15, -0.1) is 0 Å². The van der Waals surface area contributed by atoms with Gasteiger partial charge in [0.2, 0.25) is 0 Å². The second-order valence-electron chi connectivity index (χ2n) is 12.9. The maximum atomic E-state index is 10.8. The van der Waals surface area contributed by atoms with Gasteiger partial charge in [0, 0.05) is 30.9 Å². The molecule has 6 rings (SSSR count). The van der Waals surface area contributed by atoms with E-state index in [1.165, 1.54) is 22.4 Å². The van der Waals surface area contributed by atoms with E-state index in [1.807, 2.05) is 113 Å². The molecule has 0 unspecified atom stereocenters. The van der Waals surface area contributed by atoms with Gasteiger partial charge in [0.25, 0.3) is 0 Å². The normalized spacial score (nSPS) is 10.5. The number of anilines is 1. The molecule has 0 spiro atoms. The quantitative estimate of drug-likeness (QED) is 0.174. The summed E-state index contributed by atoms with van der Waals surface area (Å²) >= 11 is -0.493. The standard InChI is InChI=1S/C20H19NO.C10H12.C8H9N.C6H8N.Mo/c1-21(2)17-13-18(15-9-5-3-6-10-15)20(22)19(14-17)16-11-7-4-8-12-16;1-10(2,3)9-7-5-4-6-8-9;1-6-4-3-5-7(2)8(6)9;1-5-3-4-6(2)7-5;/h3-14,22H,1-2H3;1,4-8H,2-3H3;3-5H,1-2H3;3-4H,1-2H3;/q;;;-1;. The third kappa shape index (κ3) is 10.7. The van der Waals surface area contributed by atoms with Crippen LogP contribution in [0.1, 0.15) is 41.9 Å². The van der Waals surface area contributed by atoms with E-state index < -0.39 is 17.9 Å². The van der Waals surface area contributed by atoms with E-state index in [0.29, 0.717) is 5.75 Å². The number of aromatic nitrogens is 1. The number of benzene rings is 5. The molecule has 252 valence electrons. The predicted octanol–water partition coefficient (Wildman–Crippen LogP) is 11.0. The predicted molar refractivity (Wildman–Crippen MR) is 206 cm³/mol. The molecule has 49 heavy (non-hydrogen) atoms. The van der Waals surface area contributed by atoms with Crippen molar-refractivity contribution in [1.29, 1.82) is 0 Å². The van der Waals surface area contributed by atoms with Gasteiger partial charge in [-0.3, -0.25) is 0 Å². The van der Waals surface area contributed by atoms with Crippen LogP contribution in [0.4, 0.5) is 11.4 Å². The molecule has 0 radical (unpaired) electrons. The first-order valence-corrected chi connectivity index (χ1v) is 18.6. The van der Waals surface area contributed by atoms with Crippen molar-refractivity contribution in [2.75, 3.05) is 19.0 Å². The van der Waals surface area contributed by atoms with Crippen LogP contribution >= 0.6 is 0 Å². The first-order valence-electron chi connectivity index (χ1n) is 16.5. The van der Waals surface area contributed by atoms with Crippen LogP contribution in [0.2, 0.25) is 0 Å². The summed E-state index contributed by atoms with van der Waals surface area (Å²) in [4.78, 5) is 6.16. The van der Waals surface area contributed by atoms with E-state index in [0.717, 1.165) is 39.3 Å². The zero-order valence-electron chi connectivity index (χ0n) is 30.0. The summed E-state index contributed by atoms with van der Waals surface area (Å²) in [5.41, 5.74) is 12.2. The third-order valence-electron chi connectivity index (χ3n) is 8.15. The van der Waals surface area contributed by atoms with Crippen LogP contribution in [-0.4, -0.2) is 23.6 Å². The van der Waals surface area contributed by atoms with Crippen LogP contribution in [0, 0.1) is 27.7 Å². The van der Waals surface area contributed by atoms with E-state index >= 15 is 0 Å². The van der Waals surface area contributed by atoms with Crippen LogP contribution in [0.3, 0.4) is 0 Å². The molecule has 0 saturated carbocycles. The fraction of sp³-hybridized carbons (Fsp3) is 0.205. The molecule has 0 atom stereocenters. The Morgan fingerprint density at radius 2 is 1.08 bits per heavy atom. The van der Waals surface area contributed by atoms with Crippen LogP contribution in [0.5, 0.6) is 5.75 Å². The molecule has 5 aromatic carbocycles. The van der Waals surface area contributed by atoms with Gasteiger partial charge in [0.05, 0.1) is 0 Å². The Morgan fingerprint density at radius 1 is 0.633 bits per heavy atom. The number of aryl methyl sites for hydroxylation is 4. The Kier molecular flexibility index (Phi) is 13.4. The van der Waals surface area contributed by atoms with Crippen molar-refractivity contribution in [3.63, 3.8) is 0 Å². The Hall–Kier alpha value is -4.66. The van der Waals surface area contributed by atoms with E-state index in [2.05, 4.69) is 90.5 Å². The van der Waals surface area contributed by atoms with E-state index in [1.54, 1.807) is 0 Å². The topological polar surface area (TPSA) is 49.9 Å². The van der Waals surface area contributed by atoms with Gasteiger partial charge in [-0.1, -0.05) is 86.6 Å². The summed E-state index contributed by atoms with van der Waals surface area (Å²) in [6.45, 7) is 12.8. The minimum absolute atomic E-state index is 0.101. The Balaban J connectivity index is 0.000000185. The number of phenolic OH excluding ortho intramolecular Hbond substituents is 1. The van der Waals surface area contributed by atoms with Gasteiger partial charge in [-0.05, 0) is 23.3 Å². The maximum absolute atomic E-state index is 10.8. The van der Waals surface area contributed by atoms with Crippen LogP contribution < -0.4 is 9.88 Å². The number of nitrogens with zero attached hydrogens (tertiary/aromatic N) is 3. The zero-order chi connectivity index (χ0) is 35.4. The van der Waals surface area contributed by atoms with Crippen LogP contribution in [0.25, 0.3) is 22.3 Å². The van der Waals surface area contributed by atoms with Gasteiger partial charge >= 0.3 is 130 Å². The number of hydrogen-bond donors (Lipinski definition) is 1. The minimum atomic E-state index is -0.493. The zero-order valence-corrected chi connectivity index (χ0v) is 32.0. The molecule has 4 nitrogen and oxygen atoms in total. The van der Waals surface area contributed by atoms with Crippen molar-refractivity contribution < 1.29 is 23.0 Å². The number of aromatic hydroxyl groups is 1. The number of phenols is 1. The van der Waals surface area contributed by atoms with Crippen LogP contribution in [0.15, 0.2) is 137 Å². The molecular formula is C44H48MoN3O-. The fourth-order valence-electron chi connectivity index (χ4n) is 5.24.